The van der Waals surface area contributed by atoms with Crippen molar-refractivity contribution in [1.82, 2.24) is 14.9 Å². The van der Waals surface area contributed by atoms with Gasteiger partial charge in [0.2, 0.25) is 10.0 Å². The van der Waals surface area contributed by atoms with E-state index in [1.54, 1.807) is 36.5 Å². The SMILES string of the molecule is Cc1[nH]ncc1CCCNS(=O)(=O)c1ccccc1. The van der Waals surface area contributed by atoms with Crippen molar-refractivity contribution >= 4 is 10.0 Å². The molecule has 1 aromatic heterocycles. The zero-order valence-corrected chi connectivity index (χ0v) is 11.6. The van der Waals surface area contributed by atoms with Gasteiger partial charge in [0.25, 0.3) is 0 Å². The summed E-state index contributed by atoms with van der Waals surface area (Å²) in [5, 5.41) is 6.80. The van der Waals surface area contributed by atoms with Gasteiger partial charge in [-0.2, -0.15) is 5.10 Å². The molecule has 0 saturated heterocycles. The molecule has 0 fully saturated rings. The van der Waals surface area contributed by atoms with Gasteiger partial charge in [-0.1, -0.05) is 18.2 Å². The number of H-pyrrole nitrogens is 1. The first-order valence-electron chi connectivity index (χ1n) is 6.13. The molecule has 2 aromatic rings. The highest BCUT2D eigenvalue weighted by molar-refractivity contribution is 7.89. The Kier molecular flexibility index (Phi) is 4.34. The van der Waals surface area contributed by atoms with Crippen LogP contribution in [-0.4, -0.2) is 25.2 Å². The number of sulfonamides is 1. The van der Waals surface area contributed by atoms with Gasteiger partial charge >= 0.3 is 0 Å². The second kappa shape index (κ2) is 5.99. The van der Waals surface area contributed by atoms with E-state index in [9.17, 15) is 8.42 Å². The molecule has 0 atom stereocenters. The van der Waals surface area contributed by atoms with Gasteiger partial charge in [0.15, 0.2) is 0 Å². The maximum absolute atomic E-state index is 11.9. The molecule has 1 aromatic carbocycles. The number of nitrogens with one attached hydrogen (secondary N) is 2. The Morgan fingerprint density at radius 1 is 1.26 bits per heavy atom. The Morgan fingerprint density at radius 3 is 2.63 bits per heavy atom. The number of hydrogen-bond acceptors (Lipinski definition) is 3. The van der Waals surface area contributed by atoms with E-state index in [4.69, 9.17) is 0 Å². The summed E-state index contributed by atoms with van der Waals surface area (Å²) in [6, 6.07) is 8.39. The topological polar surface area (TPSA) is 74.8 Å². The Bertz CT molecular complexity index is 620. The Hall–Kier alpha value is -1.66. The summed E-state index contributed by atoms with van der Waals surface area (Å²) in [6.07, 6.45) is 3.33. The minimum absolute atomic E-state index is 0.300. The third-order valence-electron chi connectivity index (χ3n) is 2.90. The molecule has 0 unspecified atom stereocenters. The molecule has 0 spiro atoms. The third kappa shape index (κ3) is 3.65. The van der Waals surface area contributed by atoms with Crippen LogP contribution in [0.4, 0.5) is 0 Å². The predicted octanol–water partition coefficient (Wildman–Crippen LogP) is 1.63. The van der Waals surface area contributed by atoms with Gasteiger partial charge in [0.1, 0.15) is 0 Å². The Balaban J connectivity index is 1.84. The van der Waals surface area contributed by atoms with Gasteiger partial charge in [-0.25, -0.2) is 13.1 Å². The summed E-state index contributed by atoms with van der Waals surface area (Å²) in [4.78, 5) is 0.300. The monoisotopic (exact) mass is 279 g/mol. The molecule has 19 heavy (non-hydrogen) atoms. The predicted molar refractivity (Wildman–Crippen MR) is 73.3 cm³/mol. The lowest BCUT2D eigenvalue weighted by Crippen LogP contribution is -2.25. The summed E-state index contributed by atoms with van der Waals surface area (Å²) >= 11 is 0. The number of aromatic nitrogens is 2. The highest BCUT2D eigenvalue weighted by Gasteiger charge is 2.12. The van der Waals surface area contributed by atoms with Crippen LogP contribution in [-0.2, 0) is 16.4 Å². The number of benzene rings is 1. The van der Waals surface area contributed by atoms with Crippen molar-refractivity contribution < 1.29 is 8.42 Å². The van der Waals surface area contributed by atoms with Crippen molar-refractivity contribution in [2.75, 3.05) is 6.54 Å². The van der Waals surface area contributed by atoms with E-state index in [1.807, 2.05) is 6.92 Å². The maximum Gasteiger partial charge on any atom is 0.240 e. The largest absolute Gasteiger partial charge is 0.283 e. The fourth-order valence-corrected chi connectivity index (χ4v) is 2.89. The van der Waals surface area contributed by atoms with E-state index in [0.29, 0.717) is 11.4 Å². The summed E-state index contributed by atoms with van der Waals surface area (Å²) in [6.45, 7) is 2.37. The maximum atomic E-state index is 11.9. The van der Waals surface area contributed by atoms with Crippen molar-refractivity contribution in [2.45, 2.75) is 24.7 Å². The second-order valence-electron chi connectivity index (χ2n) is 4.33. The molecule has 1 heterocycles. The molecular formula is C13H17N3O2S. The van der Waals surface area contributed by atoms with Crippen LogP contribution in [0, 0.1) is 6.92 Å². The molecule has 2 rings (SSSR count). The van der Waals surface area contributed by atoms with Crippen molar-refractivity contribution in [3.05, 3.63) is 47.8 Å². The second-order valence-corrected chi connectivity index (χ2v) is 6.10. The van der Waals surface area contributed by atoms with Crippen LogP contribution in [0.5, 0.6) is 0 Å². The first-order chi connectivity index (χ1) is 9.09. The van der Waals surface area contributed by atoms with Crippen LogP contribution in [0.15, 0.2) is 41.4 Å². The summed E-state index contributed by atoms with van der Waals surface area (Å²) in [7, 11) is -3.38. The molecule has 0 aliphatic heterocycles. The lowest BCUT2D eigenvalue weighted by Gasteiger charge is -2.06. The van der Waals surface area contributed by atoms with Gasteiger partial charge in [-0.05, 0) is 37.5 Å². The summed E-state index contributed by atoms with van der Waals surface area (Å²) in [5.41, 5.74) is 2.16. The molecule has 102 valence electrons. The smallest absolute Gasteiger partial charge is 0.240 e. The number of hydrogen-bond donors (Lipinski definition) is 2. The standard InChI is InChI=1S/C13H17N3O2S/c1-11-12(10-14-16-11)6-5-9-15-19(17,18)13-7-3-2-4-8-13/h2-4,7-8,10,15H,5-6,9H2,1H3,(H,14,16). The Morgan fingerprint density at radius 2 is 2.00 bits per heavy atom. The zero-order chi connectivity index (χ0) is 13.7. The fourth-order valence-electron chi connectivity index (χ4n) is 1.80. The Labute approximate surface area is 113 Å². The van der Waals surface area contributed by atoms with E-state index in [-0.39, 0.29) is 0 Å². The van der Waals surface area contributed by atoms with E-state index in [2.05, 4.69) is 14.9 Å². The molecule has 0 amide bonds. The van der Waals surface area contributed by atoms with Gasteiger partial charge in [0, 0.05) is 12.2 Å². The van der Waals surface area contributed by atoms with Gasteiger partial charge in [-0.3, -0.25) is 5.10 Å². The molecule has 0 radical (unpaired) electrons. The van der Waals surface area contributed by atoms with Crippen LogP contribution in [0.1, 0.15) is 17.7 Å². The first kappa shape index (κ1) is 13.8. The number of aryl methyl sites for hydroxylation is 2. The summed E-state index contributed by atoms with van der Waals surface area (Å²) < 4.78 is 26.5. The first-order valence-corrected chi connectivity index (χ1v) is 7.61. The molecule has 0 saturated carbocycles. The van der Waals surface area contributed by atoms with Gasteiger partial charge in [-0.15, -0.1) is 0 Å². The van der Waals surface area contributed by atoms with Crippen LogP contribution in [0.2, 0.25) is 0 Å². The number of nitrogens with zero attached hydrogens (tertiary/aromatic N) is 1. The van der Waals surface area contributed by atoms with E-state index >= 15 is 0 Å². The van der Waals surface area contributed by atoms with Crippen molar-refractivity contribution in [3.63, 3.8) is 0 Å². The molecule has 0 aliphatic rings. The van der Waals surface area contributed by atoms with Crippen LogP contribution >= 0.6 is 0 Å². The molecule has 6 heteroatoms. The van der Waals surface area contributed by atoms with Crippen LogP contribution in [0.25, 0.3) is 0 Å². The average Bonchev–Trinajstić information content (AvgIpc) is 2.81. The third-order valence-corrected chi connectivity index (χ3v) is 4.38. The molecular weight excluding hydrogens is 262 g/mol. The minimum Gasteiger partial charge on any atom is -0.283 e. The lowest BCUT2D eigenvalue weighted by molar-refractivity contribution is 0.579. The van der Waals surface area contributed by atoms with E-state index in [1.165, 1.54) is 0 Å². The molecule has 0 bridgehead atoms. The van der Waals surface area contributed by atoms with Crippen molar-refractivity contribution in [2.24, 2.45) is 0 Å². The fraction of sp³-hybridized carbons (Fsp3) is 0.308. The van der Waals surface area contributed by atoms with E-state index < -0.39 is 10.0 Å². The van der Waals surface area contributed by atoms with Gasteiger partial charge in [0.05, 0.1) is 11.1 Å². The van der Waals surface area contributed by atoms with Crippen molar-refractivity contribution in [1.29, 1.82) is 0 Å². The normalized spacial score (nSPS) is 11.6. The lowest BCUT2D eigenvalue weighted by atomic mass is 10.1. The van der Waals surface area contributed by atoms with Crippen molar-refractivity contribution in [3.8, 4) is 0 Å². The quantitative estimate of drug-likeness (QED) is 0.789. The summed E-state index contributed by atoms with van der Waals surface area (Å²) in [5.74, 6) is 0. The highest BCUT2D eigenvalue weighted by atomic mass is 32.2. The van der Waals surface area contributed by atoms with Crippen LogP contribution in [0.3, 0.4) is 0 Å². The zero-order valence-electron chi connectivity index (χ0n) is 10.8. The molecule has 2 N–H and O–H groups in total. The number of rotatable bonds is 6. The highest BCUT2D eigenvalue weighted by Crippen LogP contribution is 2.08. The van der Waals surface area contributed by atoms with Gasteiger partial charge < -0.3 is 0 Å². The molecule has 0 aliphatic carbocycles. The van der Waals surface area contributed by atoms with E-state index in [0.717, 1.165) is 24.1 Å². The number of aromatic amines is 1. The minimum atomic E-state index is -3.38. The van der Waals surface area contributed by atoms with Crippen LogP contribution < -0.4 is 4.72 Å². The average molecular weight is 279 g/mol. The molecule has 5 nitrogen and oxygen atoms in total.